The minimum Gasteiger partial charge on any atom is -0.373 e. The maximum Gasteiger partial charge on any atom is 0.230 e. The fourth-order valence-corrected chi connectivity index (χ4v) is 5.25. The lowest BCUT2D eigenvalue weighted by Crippen LogP contribution is -2.44. The van der Waals surface area contributed by atoms with E-state index in [1.165, 1.54) is 16.9 Å². The van der Waals surface area contributed by atoms with E-state index in [1.54, 1.807) is 0 Å². The predicted molar refractivity (Wildman–Crippen MR) is 120 cm³/mol. The normalized spacial score (nSPS) is 25.9. The Hall–Kier alpha value is -1.80. The van der Waals surface area contributed by atoms with Gasteiger partial charge in [0.15, 0.2) is 5.13 Å². The van der Waals surface area contributed by atoms with Crippen LogP contribution in [-0.4, -0.2) is 59.1 Å². The number of nitrogens with zero attached hydrogens (tertiary/aromatic N) is 3. The Kier molecular flexibility index (Phi) is 7.15. The Morgan fingerprint density at radius 1 is 1.13 bits per heavy atom. The number of carbonyl (C=O) groups is 1. The smallest absolute Gasteiger partial charge is 0.230 e. The first-order valence-corrected chi connectivity index (χ1v) is 11.8. The van der Waals surface area contributed by atoms with Gasteiger partial charge in [-0.05, 0) is 38.8 Å². The number of aromatic nitrogens is 1. The summed E-state index contributed by atoms with van der Waals surface area (Å²) in [6.07, 6.45) is 2.49. The summed E-state index contributed by atoms with van der Waals surface area (Å²) in [5.41, 5.74) is 2.32. The number of ether oxygens (including phenoxy) is 1. The number of thiazole rings is 1. The van der Waals surface area contributed by atoms with Gasteiger partial charge in [0.1, 0.15) is 0 Å². The molecule has 1 amide bonds. The second-order valence-corrected chi connectivity index (χ2v) is 9.50. The Morgan fingerprint density at radius 2 is 1.90 bits per heavy atom. The van der Waals surface area contributed by atoms with Crippen LogP contribution >= 0.6 is 11.3 Å². The molecule has 2 aromatic rings. The number of hydrogen-bond acceptors (Lipinski definition) is 6. The average molecular weight is 429 g/mol. The molecule has 0 bridgehead atoms. The number of anilines is 1. The van der Waals surface area contributed by atoms with Gasteiger partial charge in [-0.1, -0.05) is 30.3 Å². The van der Waals surface area contributed by atoms with E-state index in [0.29, 0.717) is 5.13 Å². The molecule has 1 N–H and O–H groups in total. The fourth-order valence-electron chi connectivity index (χ4n) is 4.54. The monoisotopic (exact) mass is 428 g/mol. The number of nitrogens with one attached hydrogen (secondary N) is 1. The first kappa shape index (κ1) is 21.4. The van der Waals surface area contributed by atoms with Crippen LogP contribution in [0.4, 0.5) is 5.13 Å². The molecule has 7 heteroatoms. The summed E-state index contributed by atoms with van der Waals surface area (Å²) in [5, 5.41) is 5.84. The van der Waals surface area contributed by atoms with Crippen LogP contribution in [0.1, 0.15) is 37.9 Å². The van der Waals surface area contributed by atoms with Crippen LogP contribution in [0.25, 0.3) is 0 Å². The number of hydrogen-bond donors (Lipinski definition) is 1. The van der Waals surface area contributed by atoms with Crippen LogP contribution in [0.5, 0.6) is 0 Å². The third-order valence-electron chi connectivity index (χ3n) is 5.79. The van der Waals surface area contributed by atoms with Crippen molar-refractivity contribution in [1.82, 2.24) is 14.8 Å². The molecule has 3 atom stereocenters. The number of morpholine rings is 1. The van der Waals surface area contributed by atoms with Crippen LogP contribution in [-0.2, 0) is 22.6 Å². The minimum absolute atomic E-state index is 0.0238. The zero-order valence-electron chi connectivity index (χ0n) is 17.9. The highest BCUT2D eigenvalue weighted by atomic mass is 32.1. The molecule has 2 aliphatic heterocycles. The van der Waals surface area contributed by atoms with Crippen LogP contribution in [0.15, 0.2) is 35.7 Å². The van der Waals surface area contributed by atoms with Crippen molar-refractivity contribution in [3.05, 3.63) is 47.0 Å². The number of carbonyl (C=O) groups excluding carboxylic acids is 1. The molecule has 2 aliphatic rings. The highest BCUT2D eigenvalue weighted by Crippen LogP contribution is 2.23. The summed E-state index contributed by atoms with van der Waals surface area (Å²) in [7, 11) is 0. The maximum absolute atomic E-state index is 12.9. The third-order valence-corrected chi connectivity index (χ3v) is 6.59. The molecule has 162 valence electrons. The van der Waals surface area contributed by atoms with E-state index in [1.807, 2.05) is 6.07 Å². The van der Waals surface area contributed by atoms with Crippen LogP contribution < -0.4 is 5.32 Å². The van der Waals surface area contributed by atoms with Gasteiger partial charge in [0, 0.05) is 38.1 Å². The molecule has 0 spiro atoms. The Labute approximate surface area is 183 Å². The van der Waals surface area contributed by atoms with Gasteiger partial charge in [-0.25, -0.2) is 4.98 Å². The maximum atomic E-state index is 12.9. The second-order valence-electron chi connectivity index (χ2n) is 8.64. The van der Waals surface area contributed by atoms with Gasteiger partial charge in [0.05, 0.1) is 23.8 Å². The van der Waals surface area contributed by atoms with Gasteiger partial charge < -0.3 is 10.1 Å². The summed E-state index contributed by atoms with van der Waals surface area (Å²) < 4.78 is 5.80. The molecule has 3 unspecified atom stereocenters. The molecule has 2 saturated heterocycles. The molecule has 0 radical (unpaired) electrons. The molecular weight excluding hydrogens is 396 g/mol. The summed E-state index contributed by atoms with van der Waals surface area (Å²) in [6.45, 7) is 9.63. The number of benzene rings is 1. The number of amides is 1. The molecule has 3 heterocycles. The average Bonchev–Trinajstić information content (AvgIpc) is 3.15. The molecule has 0 aliphatic carbocycles. The Balaban J connectivity index is 1.28. The van der Waals surface area contributed by atoms with Crippen molar-refractivity contribution in [3.8, 4) is 0 Å². The Bertz CT molecular complexity index is 818. The molecule has 1 aromatic carbocycles. The molecule has 2 fully saturated rings. The van der Waals surface area contributed by atoms with E-state index in [4.69, 9.17) is 4.74 Å². The standard InChI is InChI=1S/C23H32N4O2S/c1-17-11-27(12-18(2)29-17)15-21-16-30-23(24-21)25-22(28)20-9-6-10-26(14-20)13-19-7-4-3-5-8-19/h3-5,7-8,16-18,20H,6,9-15H2,1-2H3,(H,24,25,28). The molecule has 4 rings (SSSR count). The summed E-state index contributed by atoms with van der Waals surface area (Å²) in [6, 6.07) is 10.5. The zero-order chi connectivity index (χ0) is 20.9. The lowest BCUT2D eigenvalue weighted by atomic mass is 9.97. The van der Waals surface area contributed by atoms with Gasteiger partial charge in [-0.3, -0.25) is 14.6 Å². The first-order valence-electron chi connectivity index (χ1n) is 10.9. The van der Waals surface area contributed by atoms with E-state index in [0.717, 1.165) is 57.8 Å². The Morgan fingerprint density at radius 3 is 2.67 bits per heavy atom. The van der Waals surface area contributed by atoms with Crippen molar-refractivity contribution in [1.29, 1.82) is 0 Å². The van der Waals surface area contributed by atoms with Crippen molar-refractivity contribution in [3.63, 3.8) is 0 Å². The van der Waals surface area contributed by atoms with Crippen molar-refractivity contribution in [2.45, 2.75) is 52.0 Å². The van der Waals surface area contributed by atoms with Crippen molar-refractivity contribution in [2.75, 3.05) is 31.5 Å². The first-order chi connectivity index (χ1) is 14.5. The predicted octanol–water partition coefficient (Wildman–Crippen LogP) is 3.60. The van der Waals surface area contributed by atoms with Gasteiger partial charge in [0.2, 0.25) is 5.91 Å². The zero-order valence-corrected chi connectivity index (χ0v) is 18.7. The minimum atomic E-state index is 0.0238. The summed E-state index contributed by atoms with van der Waals surface area (Å²) >= 11 is 1.52. The lowest BCUT2D eigenvalue weighted by molar-refractivity contribution is -0.121. The molecule has 0 saturated carbocycles. The fraction of sp³-hybridized carbons (Fsp3) is 0.565. The van der Waals surface area contributed by atoms with Crippen molar-refractivity contribution >= 4 is 22.4 Å². The summed E-state index contributed by atoms with van der Waals surface area (Å²) in [4.78, 5) is 22.3. The van der Waals surface area contributed by atoms with E-state index in [2.05, 4.69) is 63.6 Å². The molecule has 30 heavy (non-hydrogen) atoms. The lowest BCUT2D eigenvalue weighted by Gasteiger charge is -2.34. The van der Waals surface area contributed by atoms with E-state index in [9.17, 15) is 4.79 Å². The highest BCUT2D eigenvalue weighted by molar-refractivity contribution is 7.13. The van der Waals surface area contributed by atoms with E-state index in [-0.39, 0.29) is 24.0 Å². The van der Waals surface area contributed by atoms with E-state index >= 15 is 0 Å². The molecule has 1 aromatic heterocycles. The van der Waals surface area contributed by atoms with Crippen molar-refractivity contribution in [2.24, 2.45) is 5.92 Å². The van der Waals surface area contributed by atoms with Gasteiger partial charge in [-0.2, -0.15) is 0 Å². The number of likely N-dealkylation sites (tertiary alicyclic amines) is 1. The third kappa shape index (κ3) is 5.88. The van der Waals surface area contributed by atoms with Crippen LogP contribution in [0.2, 0.25) is 0 Å². The second kappa shape index (κ2) is 10.0. The van der Waals surface area contributed by atoms with E-state index < -0.39 is 0 Å². The highest BCUT2D eigenvalue weighted by Gasteiger charge is 2.27. The molecular formula is C23H32N4O2S. The van der Waals surface area contributed by atoms with Gasteiger partial charge >= 0.3 is 0 Å². The SMILES string of the molecule is CC1CN(Cc2csc(NC(=O)C3CCCN(Cc4ccccc4)C3)n2)CC(C)O1. The number of rotatable bonds is 6. The summed E-state index contributed by atoms with van der Waals surface area (Å²) in [5.74, 6) is 0.123. The topological polar surface area (TPSA) is 57.7 Å². The van der Waals surface area contributed by atoms with Crippen molar-refractivity contribution < 1.29 is 9.53 Å². The van der Waals surface area contributed by atoms with Crippen LogP contribution in [0.3, 0.4) is 0 Å². The van der Waals surface area contributed by atoms with Gasteiger partial charge in [0.25, 0.3) is 0 Å². The quantitative estimate of drug-likeness (QED) is 0.762. The van der Waals surface area contributed by atoms with Crippen LogP contribution in [0, 0.1) is 5.92 Å². The van der Waals surface area contributed by atoms with Gasteiger partial charge in [-0.15, -0.1) is 11.3 Å². The number of piperidine rings is 1. The molecule has 6 nitrogen and oxygen atoms in total. The largest absolute Gasteiger partial charge is 0.373 e.